The summed E-state index contributed by atoms with van der Waals surface area (Å²) in [6.45, 7) is 1.73. The van der Waals surface area contributed by atoms with Crippen molar-refractivity contribution >= 4 is 17.3 Å². The molecule has 7 nitrogen and oxygen atoms in total. The molecule has 29 heavy (non-hydrogen) atoms. The Kier molecular flexibility index (Phi) is 7.55. The maximum absolute atomic E-state index is 14.0. The lowest BCUT2D eigenvalue weighted by molar-refractivity contribution is 0.0944. The van der Waals surface area contributed by atoms with E-state index in [9.17, 15) is 13.6 Å². The number of aromatic amines is 1. The van der Waals surface area contributed by atoms with Gasteiger partial charge in [0.05, 0.1) is 24.3 Å². The zero-order valence-corrected chi connectivity index (χ0v) is 15.7. The predicted molar refractivity (Wildman–Crippen MR) is 106 cm³/mol. The number of aryl methyl sites for hydroxylation is 1. The van der Waals surface area contributed by atoms with Gasteiger partial charge in [0.25, 0.3) is 5.91 Å². The second kappa shape index (κ2) is 10.1. The van der Waals surface area contributed by atoms with Crippen LogP contribution in [0.5, 0.6) is 0 Å². The number of rotatable bonds is 5. The molecule has 6 N–H and O–H groups in total. The topological polar surface area (TPSA) is 128 Å². The van der Waals surface area contributed by atoms with Crippen LogP contribution >= 0.6 is 0 Å². The lowest BCUT2D eigenvalue weighted by Gasteiger charge is -2.12. The fourth-order valence-electron chi connectivity index (χ4n) is 2.35. The number of aliphatic hydroxyl groups is 1. The third kappa shape index (κ3) is 5.94. The van der Waals surface area contributed by atoms with Gasteiger partial charge in [-0.25, -0.2) is 13.8 Å². The van der Waals surface area contributed by atoms with Crippen molar-refractivity contribution in [2.75, 3.05) is 18.9 Å². The van der Waals surface area contributed by atoms with Crippen LogP contribution in [0, 0.1) is 24.0 Å². The van der Waals surface area contributed by atoms with Gasteiger partial charge < -0.3 is 21.1 Å². The number of imidazole rings is 1. The van der Waals surface area contributed by atoms with E-state index in [2.05, 4.69) is 15.3 Å². The minimum absolute atomic E-state index is 0.00949. The third-order valence-electron chi connectivity index (χ3n) is 3.81. The van der Waals surface area contributed by atoms with Crippen LogP contribution < -0.4 is 11.1 Å². The molecule has 0 unspecified atom stereocenters. The highest BCUT2D eigenvalue weighted by molar-refractivity contribution is 6.14. The molecule has 1 aromatic heterocycles. The van der Waals surface area contributed by atoms with Crippen LogP contribution in [0.2, 0.25) is 0 Å². The van der Waals surface area contributed by atoms with Gasteiger partial charge in [-0.3, -0.25) is 10.2 Å². The minimum atomic E-state index is -0.849. The molecule has 2 aromatic carbocycles. The van der Waals surface area contributed by atoms with Crippen molar-refractivity contribution in [1.82, 2.24) is 15.3 Å². The molecule has 152 valence electrons. The van der Waals surface area contributed by atoms with Crippen molar-refractivity contribution in [3.8, 4) is 0 Å². The third-order valence-corrected chi connectivity index (χ3v) is 3.81. The lowest BCUT2D eigenvalue weighted by atomic mass is 9.98. The summed E-state index contributed by atoms with van der Waals surface area (Å²) in [5.74, 6) is -1.99. The van der Waals surface area contributed by atoms with E-state index in [-0.39, 0.29) is 41.2 Å². The van der Waals surface area contributed by atoms with E-state index in [1.807, 2.05) is 6.92 Å². The fraction of sp³-hybridized carbons (Fsp3) is 0.150. The number of nitrogens with two attached hydrogens (primary N) is 1. The monoisotopic (exact) mass is 401 g/mol. The molecule has 9 heteroatoms. The number of amides is 1. The summed E-state index contributed by atoms with van der Waals surface area (Å²) in [4.78, 5) is 18.5. The largest absolute Gasteiger partial charge is 0.396 e. The van der Waals surface area contributed by atoms with Crippen molar-refractivity contribution < 1.29 is 18.7 Å². The zero-order valence-electron chi connectivity index (χ0n) is 15.7. The van der Waals surface area contributed by atoms with E-state index in [1.54, 1.807) is 12.5 Å². The molecule has 0 bridgehead atoms. The molecular weight excluding hydrogens is 380 g/mol. The predicted octanol–water partition coefficient (Wildman–Crippen LogP) is 2.40. The Hall–Kier alpha value is -3.59. The van der Waals surface area contributed by atoms with Crippen LogP contribution in [-0.4, -0.2) is 39.8 Å². The number of carbonyl (C=O) groups excluding carboxylic acids is 1. The Morgan fingerprint density at radius 3 is 2.59 bits per heavy atom. The first-order chi connectivity index (χ1) is 13.8. The maximum atomic E-state index is 14.0. The number of aliphatic hydroxyl groups excluding tert-OH is 1. The Bertz CT molecular complexity index is 991. The van der Waals surface area contributed by atoms with E-state index >= 15 is 0 Å². The Labute approximate surface area is 166 Å². The molecule has 0 aliphatic heterocycles. The number of anilines is 1. The average molecular weight is 401 g/mol. The average Bonchev–Trinajstić information content (AvgIpc) is 3.19. The second-order valence-electron chi connectivity index (χ2n) is 6.02. The smallest absolute Gasteiger partial charge is 0.251 e. The minimum Gasteiger partial charge on any atom is -0.396 e. The van der Waals surface area contributed by atoms with Gasteiger partial charge >= 0.3 is 0 Å². The summed E-state index contributed by atoms with van der Waals surface area (Å²) in [7, 11) is 0. The number of nitrogens with zero attached hydrogens (tertiary/aromatic N) is 1. The van der Waals surface area contributed by atoms with E-state index in [0.29, 0.717) is 0 Å². The van der Waals surface area contributed by atoms with Gasteiger partial charge in [-0.05, 0) is 31.2 Å². The van der Waals surface area contributed by atoms with Gasteiger partial charge in [0.2, 0.25) is 0 Å². The number of H-pyrrole nitrogens is 1. The van der Waals surface area contributed by atoms with Gasteiger partial charge in [0.1, 0.15) is 11.6 Å². The van der Waals surface area contributed by atoms with Crippen molar-refractivity contribution in [2.45, 2.75) is 6.92 Å². The molecule has 0 radical (unpaired) electrons. The van der Waals surface area contributed by atoms with E-state index < -0.39 is 17.5 Å². The van der Waals surface area contributed by atoms with Gasteiger partial charge in [-0.2, -0.15) is 0 Å². The summed E-state index contributed by atoms with van der Waals surface area (Å²) in [5.41, 5.74) is 6.43. The van der Waals surface area contributed by atoms with Crippen LogP contribution in [0.25, 0.3) is 0 Å². The van der Waals surface area contributed by atoms with Gasteiger partial charge in [0.15, 0.2) is 0 Å². The summed E-state index contributed by atoms with van der Waals surface area (Å²) < 4.78 is 27.2. The number of hydrogen-bond acceptors (Lipinski definition) is 5. The lowest BCUT2D eigenvalue weighted by Crippen LogP contribution is -2.27. The normalized spacial score (nSPS) is 10.1. The number of nitrogens with one attached hydrogen (secondary N) is 3. The number of hydrogen-bond donors (Lipinski definition) is 5. The van der Waals surface area contributed by atoms with Crippen molar-refractivity contribution in [1.29, 1.82) is 5.41 Å². The fourth-order valence-corrected chi connectivity index (χ4v) is 2.35. The molecule has 0 saturated heterocycles. The number of nitrogen functional groups attached to an aromatic ring is 1. The number of aromatic nitrogens is 2. The molecule has 3 aromatic rings. The Morgan fingerprint density at radius 2 is 2.03 bits per heavy atom. The first-order valence-electron chi connectivity index (χ1n) is 8.61. The molecule has 0 aliphatic carbocycles. The quantitative estimate of drug-likeness (QED) is 0.332. The highest BCUT2D eigenvalue weighted by Gasteiger charge is 2.17. The molecule has 0 aliphatic rings. The van der Waals surface area contributed by atoms with E-state index in [1.165, 1.54) is 24.3 Å². The van der Waals surface area contributed by atoms with Crippen molar-refractivity contribution in [3.63, 3.8) is 0 Å². The van der Waals surface area contributed by atoms with Gasteiger partial charge in [-0.15, -0.1) is 0 Å². The van der Waals surface area contributed by atoms with E-state index in [0.717, 1.165) is 17.8 Å². The van der Waals surface area contributed by atoms with E-state index in [4.69, 9.17) is 16.2 Å². The number of benzene rings is 2. The van der Waals surface area contributed by atoms with Gasteiger partial charge in [-0.1, -0.05) is 12.1 Å². The SMILES string of the molecule is Cc1cnc[nH]1.N=C(c1cccc(F)c1)c1cc(C(=O)NCCO)cc(F)c1N. The Balaban J connectivity index is 0.000000426. The molecule has 0 fully saturated rings. The number of carbonyl (C=O) groups is 1. The number of halogens is 2. The van der Waals surface area contributed by atoms with Gasteiger partial charge in [0, 0.05) is 35.1 Å². The van der Waals surface area contributed by atoms with Crippen molar-refractivity contribution in [2.24, 2.45) is 0 Å². The van der Waals surface area contributed by atoms with Crippen LogP contribution in [0.4, 0.5) is 14.5 Å². The molecule has 0 atom stereocenters. The molecule has 0 saturated carbocycles. The highest BCUT2D eigenvalue weighted by atomic mass is 19.1. The molecule has 1 heterocycles. The summed E-state index contributed by atoms with van der Waals surface area (Å²) in [5, 5.41) is 19.2. The zero-order chi connectivity index (χ0) is 21.4. The standard InChI is InChI=1S/C16H15F2N3O2.C4H6N2/c17-11-3-1-2-9(6-11)14(19)12-7-10(8-13(18)15(12)20)16(23)21-4-5-22;1-4-2-5-3-6-4/h1-3,6-8,19,22H,4-5,20H2,(H,21,23);2-3H,1H3,(H,5,6). The molecule has 3 rings (SSSR count). The first kappa shape index (κ1) is 21.7. The molecule has 1 amide bonds. The molecule has 0 spiro atoms. The maximum Gasteiger partial charge on any atom is 0.251 e. The summed E-state index contributed by atoms with van der Waals surface area (Å²) in [6.07, 6.45) is 3.44. The first-order valence-corrected chi connectivity index (χ1v) is 8.61. The van der Waals surface area contributed by atoms with Crippen molar-refractivity contribution in [3.05, 3.63) is 82.9 Å². The van der Waals surface area contributed by atoms with Crippen LogP contribution in [0.15, 0.2) is 48.9 Å². The van der Waals surface area contributed by atoms with Crippen LogP contribution in [0.3, 0.4) is 0 Å². The highest BCUT2D eigenvalue weighted by Crippen LogP contribution is 2.22. The Morgan fingerprint density at radius 1 is 1.28 bits per heavy atom. The van der Waals surface area contributed by atoms with Crippen LogP contribution in [-0.2, 0) is 0 Å². The van der Waals surface area contributed by atoms with Crippen LogP contribution in [0.1, 0.15) is 27.2 Å². The summed E-state index contributed by atoms with van der Waals surface area (Å²) >= 11 is 0. The second-order valence-corrected chi connectivity index (χ2v) is 6.02. The molecular formula is C20H21F2N5O2. The summed E-state index contributed by atoms with van der Waals surface area (Å²) in [6, 6.07) is 7.46.